The van der Waals surface area contributed by atoms with E-state index in [4.69, 9.17) is 0 Å². The van der Waals surface area contributed by atoms with Gasteiger partial charge in [-0.05, 0) is 24.6 Å². The first kappa shape index (κ1) is 18.9. The Hall–Kier alpha value is -3.41. The molecule has 2 aromatic carbocycles. The third-order valence-corrected chi connectivity index (χ3v) is 5.20. The van der Waals surface area contributed by atoms with Crippen molar-refractivity contribution >= 4 is 11.8 Å². The summed E-state index contributed by atoms with van der Waals surface area (Å²) in [6.45, 7) is 3.62. The Morgan fingerprint density at radius 2 is 1.79 bits per heavy atom. The van der Waals surface area contributed by atoms with Gasteiger partial charge >= 0.3 is 0 Å². The zero-order valence-corrected chi connectivity index (χ0v) is 16.4. The van der Waals surface area contributed by atoms with E-state index in [0.717, 1.165) is 16.8 Å². The Bertz CT molecular complexity index is 998. The molecule has 2 amide bonds. The van der Waals surface area contributed by atoms with Crippen molar-refractivity contribution in [3.05, 3.63) is 83.7 Å². The Morgan fingerprint density at radius 1 is 1.10 bits per heavy atom. The molecule has 6 nitrogen and oxygen atoms in total. The zero-order valence-electron chi connectivity index (χ0n) is 16.4. The van der Waals surface area contributed by atoms with Crippen LogP contribution in [0.1, 0.15) is 28.0 Å². The van der Waals surface area contributed by atoms with Crippen LogP contribution < -0.4 is 5.32 Å². The quantitative estimate of drug-likeness (QED) is 0.706. The number of aromatic nitrogens is 2. The van der Waals surface area contributed by atoms with Gasteiger partial charge in [-0.3, -0.25) is 9.59 Å². The van der Waals surface area contributed by atoms with Crippen molar-refractivity contribution in [2.24, 2.45) is 5.92 Å². The van der Waals surface area contributed by atoms with Crippen molar-refractivity contribution in [3.63, 3.8) is 0 Å². The highest BCUT2D eigenvalue weighted by Gasteiger charge is 2.30. The van der Waals surface area contributed by atoms with E-state index >= 15 is 0 Å². The molecule has 1 aliphatic rings. The number of benzene rings is 2. The number of hydrogen-bond donors (Lipinski definition) is 1. The van der Waals surface area contributed by atoms with E-state index in [-0.39, 0.29) is 17.7 Å². The van der Waals surface area contributed by atoms with Crippen molar-refractivity contribution in [1.82, 2.24) is 20.0 Å². The molecule has 0 aliphatic carbocycles. The minimum Gasteiger partial charge on any atom is -0.350 e. The second-order valence-electron chi connectivity index (χ2n) is 7.48. The lowest BCUT2D eigenvalue weighted by Gasteiger charge is -2.17. The molecule has 148 valence electrons. The summed E-state index contributed by atoms with van der Waals surface area (Å²) in [7, 11) is 0. The predicted molar refractivity (Wildman–Crippen MR) is 111 cm³/mol. The molecule has 1 atom stereocenters. The van der Waals surface area contributed by atoms with Gasteiger partial charge in [0.2, 0.25) is 5.91 Å². The molecule has 29 heavy (non-hydrogen) atoms. The van der Waals surface area contributed by atoms with Crippen molar-refractivity contribution in [2.45, 2.75) is 19.9 Å². The van der Waals surface area contributed by atoms with Gasteiger partial charge < -0.3 is 10.2 Å². The summed E-state index contributed by atoms with van der Waals surface area (Å²) in [5, 5.41) is 7.40. The number of carbonyl (C=O) groups is 2. The largest absolute Gasteiger partial charge is 0.350 e. The van der Waals surface area contributed by atoms with Gasteiger partial charge in [0, 0.05) is 43.7 Å². The number of rotatable bonds is 6. The number of para-hydroxylation sites is 1. The van der Waals surface area contributed by atoms with Crippen LogP contribution in [0.5, 0.6) is 0 Å². The summed E-state index contributed by atoms with van der Waals surface area (Å²) < 4.78 is 1.71. The maximum Gasteiger partial charge on any atom is 0.272 e. The number of carbonyl (C=O) groups excluding carboxylic acids is 2. The molecule has 4 rings (SSSR count). The molecule has 0 spiro atoms. The monoisotopic (exact) mass is 388 g/mol. The van der Waals surface area contributed by atoms with Crippen LogP contribution in [0.15, 0.2) is 66.9 Å². The first-order chi connectivity index (χ1) is 14.1. The first-order valence-electron chi connectivity index (χ1n) is 9.82. The molecule has 2 heterocycles. The molecular formula is C23H24N4O2. The zero-order chi connectivity index (χ0) is 20.2. The highest BCUT2D eigenvalue weighted by Crippen LogP contribution is 2.20. The van der Waals surface area contributed by atoms with E-state index in [1.54, 1.807) is 4.68 Å². The molecule has 6 heteroatoms. The molecule has 1 N–H and O–H groups in total. The third-order valence-electron chi connectivity index (χ3n) is 5.20. The van der Waals surface area contributed by atoms with E-state index in [1.165, 1.54) is 0 Å². The summed E-state index contributed by atoms with van der Waals surface area (Å²) in [6.07, 6.45) is 2.31. The van der Waals surface area contributed by atoms with Crippen molar-refractivity contribution in [1.29, 1.82) is 0 Å². The Kier molecular flexibility index (Phi) is 5.42. The van der Waals surface area contributed by atoms with Gasteiger partial charge in [0.15, 0.2) is 5.69 Å². The van der Waals surface area contributed by atoms with E-state index in [2.05, 4.69) is 10.4 Å². The Morgan fingerprint density at radius 3 is 2.52 bits per heavy atom. The number of hydrogen-bond acceptors (Lipinski definition) is 3. The molecule has 0 bridgehead atoms. The van der Waals surface area contributed by atoms with Crippen LogP contribution in [0.3, 0.4) is 0 Å². The number of aryl methyl sites for hydroxylation is 1. The number of likely N-dealkylation sites (tertiary alicyclic amines) is 1. The smallest absolute Gasteiger partial charge is 0.272 e. The average molecular weight is 388 g/mol. The van der Waals surface area contributed by atoms with Gasteiger partial charge in [0.1, 0.15) is 0 Å². The van der Waals surface area contributed by atoms with Crippen molar-refractivity contribution < 1.29 is 9.59 Å². The van der Waals surface area contributed by atoms with Gasteiger partial charge in [0.05, 0.1) is 5.69 Å². The van der Waals surface area contributed by atoms with E-state index in [0.29, 0.717) is 31.7 Å². The second kappa shape index (κ2) is 8.31. The molecule has 0 radical (unpaired) electrons. The molecule has 1 aromatic heterocycles. The minimum absolute atomic E-state index is 0.117. The van der Waals surface area contributed by atoms with Crippen LogP contribution in [0.2, 0.25) is 0 Å². The molecule has 0 saturated carbocycles. The van der Waals surface area contributed by atoms with E-state index in [1.807, 2.05) is 78.7 Å². The fraction of sp³-hybridized carbons (Fsp3) is 0.261. The molecule has 1 aliphatic heterocycles. The van der Waals surface area contributed by atoms with E-state index in [9.17, 15) is 9.59 Å². The summed E-state index contributed by atoms with van der Waals surface area (Å²) in [6, 6.07) is 19.7. The fourth-order valence-electron chi connectivity index (χ4n) is 3.67. The minimum atomic E-state index is -0.203. The number of nitrogens with zero attached hydrogens (tertiary/aromatic N) is 3. The van der Waals surface area contributed by atoms with Gasteiger partial charge in [-0.2, -0.15) is 5.10 Å². The van der Waals surface area contributed by atoms with Crippen LogP contribution in [0, 0.1) is 12.8 Å². The standard InChI is InChI=1S/C23H24N4O2/c1-17-14-27(20-10-6-3-7-11-20)25-22(17)23(29)24-13-19-12-21(28)26(16-19)15-18-8-4-2-5-9-18/h2-11,14,19H,12-13,15-16H2,1H3,(H,24,29). The Balaban J connectivity index is 1.34. The predicted octanol–water partition coefficient (Wildman–Crippen LogP) is 2.96. The second-order valence-corrected chi connectivity index (χ2v) is 7.48. The van der Waals surface area contributed by atoms with Crippen LogP contribution in [0.25, 0.3) is 5.69 Å². The number of amides is 2. The maximum absolute atomic E-state index is 12.6. The van der Waals surface area contributed by atoms with Gasteiger partial charge in [-0.25, -0.2) is 4.68 Å². The highest BCUT2D eigenvalue weighted by molar-refractivity contribution is 5.93. The SMILES string of the molecule is Cc1cn(-c2ccccc2)nc1C(=O)NCC1CC(=O)N(Cc2ccccc2)C1. The molecule has 1 unspecified atom stereocenters. The first-order valence-corrected chi connectivity index (χ1v) is 9.82. The van der Waals surface area contributed by atoms with Gasteiger partial charge in [-0.15, -0.1) is 0 Å². The molecule has 3 aromatic rings. The topological polar surface area (TPSA) is 67.2 Å². The van der Waals surface area contributed by atoms with Crippen LogP contribution in [-0.4, -0.2) is 39.6 Å². The van der Waals surface area contributed by atoms with Gasteiger partial charge in [0.25, 0.3) is 5.91 Å². The lowest BCUT2D eigenvalue weighted by Crippen LogP contribution is -2.31. The maximum atomic E-state index is 12.6. The molecule has 1 saturated heterocycles. The summed E-state index contributed by atoms with van der Waals surface area (Å²) >= 11 is 0. The third kappa shape index (κ3) is 4.37. The summed E-state index contributed by atoms with van der Waals surface area (Å²) in [5.74, 6) is 0.0513. The summed E-state index contributed by atoms with van der Waals surface area (Å²) in [4.78, 5) is 26.8. The molecule has 1 fully saturated rings. The molecular weight excluding hydrogens is 364 g/mol. The van der Waals surface area contributed by atoms with Crippen LogP contribution in [0.4, 0.5) is 0 Å². The van der Waals surface area contributed by atoms with Crippen LogP contribution in [-0.2, 0) is 11.3 Å². The lowest BCUT2D eigenvalue weighted by atomic mass is 10.1. The lowest BCUT2D eigenvalue weighted by molar-refractivity contribution is -0.128. The van der Waals surface area contributed by atoms with Crippen molar-refractivity contribution in [3.8, 4) is 5.69 Å². The van der Waals surface area contributed by atoms with Crippen molar-refractivity contribution in [2.75, 3.05) is 13.1 Å². The summed E-state index contributed by atoms with van der Waals surface area (Å²) in [5.41, 5.74) is 3.26. The highest BCUT2D eigenvalue weighted by atomic mass is 16.2. The fourth-order valence-corrected chi connectivity index (χ4v) is 3.67. The van der Waals surface area contributed by atoms with E-state index < -0.39 is 0 Å². The number of nitrogens with one attached hydrogen (secondary N) is 1. The van der Waals surface area contributed by atoms with Crippen LogP contribution >= 0.6 is 0 Å². The van der Waals surface area contributed by atoms with Gasteiger partial charge in [-0.1, -0.05) is 48.5 Å². The Labute approximate surface area is 170 Å². The average Bonchev–Trinajstić information content (AvgIpc) is 3.30. The normalized spacial score (nSPS) is 16.2.